The molecule has 2 aromatic rings. The molecule has 0 radical (unpaired) electrons. The molecule has 2 aromatic carbocycles. The van der Waals surface area contributed by atoms with E-state index in [-0.39, 0.29) is 11.9 Å². The number of hydrogen-bond acceptors (Lipinski definition) is 3. The Morgan fingerprint density at radius 2 is 1.65 bits per heavy atom. The fraction of sp³-hybridized carbons (Fsp3) is 0.409. The van der Waals surface area contributed by atoms with E-state index < -0.39 is 0 Å². The number of para-hydroxylation sites is 1. The first-order valence-electron chi connectivity index (χ1n) is 9.42. The van der Waals surface area contributed by atoms with Crippen molar-refractivity contribution in [3.63, 3.8) is 0 Å². The van der Waals surface area contributed by atoms with Crippen molar-refractivity contribution in [3.8, 4) is 0 Å². The maximum atomic E-state index is 12.5. The second-order valence-electron chi connectivity index (χ2n) is 7.19. The predicted octanol–water partition coefficient (Wildman–Crippen LogP) is 3.13. The van der Waals surface area contributed by atoms with E-state index in [4.69, 9.17) is 0 Å². The first kappa shape index (κ1) is 18.5. The highest BCUT2D eigenvalue weighted by Crippen LogP contribution is 2.21. The lowest BCUT2D eigenvalue weighted by molar-refractivity contribution is -0.126. The van der Waals surface area contributed by atoms with Crippen LogP contribution in [0.3, 0.4) is 0 Å². The largest absolute Gasteiger partial charge is 0.369 e. The Morgan fingerprint density at radius 3 is 2.31 bits per heavy atom. The lowest BCUT2D eigenvalue weighted by Crippen LogP contribution is -2.54. The summed E-state index contributed by atoms with van der Waals surface area (Å²) in [5, 5.41) is 3.07. The molecule has 1 N–H and O–H groups in total. The Hall–Kier alpha value is -2.33. The molecule has 1 aliphatic heterocycles. The maximum Gasteiger partial charge on any atom is 0.237 e. The highest BCUT2D eigenvalue weighted by Gasteiger charge is 2.25. The van der Waals surface area contributed by atoms with E-state index in [0.717, 1.165) is 31.7 Å². The minimum Gasteiger partial charge on any atom is -0.369 e. The standard InChI is InChI=1S/C22H29N3O/c1-17-8-10-20(11-9-17)16-23-22(26)19(3)24-12-14-25(15-13-24)21-7-5-4-6-18(21)2/h4-11,19H,12-16H2,1-3H3,(H,23,26). The van der Waals surface area contributed by atoms with Crippen molar-refractivity contribution >= 4 is 11.6 Å². The molecule has 1 fully saturated rings. The Morgan fingerprint density at radius 1 is 1.00 bits per heavy atom. The molecule has 138 valence electrons. The van der Waals surface area contributed by atoms with Crippen LogP contribution in [0.5, 0.6) is 0 Å². The molecule has 1 unspecified atom stereocenters. The number of amides is 1. The van der Waals surface area contributed by atoms with Crippen LogP contribution in [0.4, 0.5) is 5.69 Å². The van der Waals surface area contributed by atoms with E-state index in [1.165, 1.54) is 16.8 Å². The predicted molar refractivity (Wildman–Crippen MR) is 107 cm³/mol. The number of nitrogens with one attached hydrogen (secondary N) is 1. The molecule has 1 saturated heterocycles. The van der Waals surface area contributed by atoms with Crippen LogP contribution in [0.15, 0.2) is 48.5 Å². The fourth-order valence-electron chi connectivity index (χ4n) is 3.48. The van der Waals surface area contributed by atoms with Gasteiger partial charge in [-0.3, -0.25) is 9.69 Å². The molecule has 0 aliphatic carbocycles. The van der Waals surface area contributed by atoms with Crippen LogP contribution >= 0.6 is 0 Å². The van der Waals surface area contributed by atoms with E-state index in [9.17, 15) is 4.79 Å². The van der Waals surface area contributed by atoms with E-state index >= 15 is 0 Å². The van der Waals surface area contributed by atoms with Crippen LogP contribution in [-0.4, -0.2) is 43.0 Å². The van der Waals surface area contributed by atoms with Gasteiger partial charge in [0, 0.05) is 38.4 Å². The normalized spacial score (nSPS) is 16.3. The topological polar surface area (TPSA) is 35.6 Å². The first-order chi connectivity index (χ1) is 12.5. The van der Waals surface area contributed by atoms with Gasteiger partial charge in [0.25, 0.3) is 0 Å². The number of carbonyl (C=O) groups is 1. The lowest BCUT2D eigenvalue weighted by Gasteiger charge is -2.39. The third-order valence-electron chi connectivity index (χ3n) is 5.28. The van der Waals surface area contributed by atoms with Gasteiger partial charge in [-0.15, -0.1) is 0 Å². The van der Waals surface area contributed by atoms with E-state index in [0.29, 0.717) is 6.54 Å². The summed E-state index contributed by atoms with van der Waals surface area (Å²) in [6.45, 7) is 10.6. The van der Waals surface area contributed by atoms with Crippen LogP contribution in [0.1, 0.15) is 23.6 Å². The number of rotatable bonds is 5. The number of aryl methyl sites for hydroxylation is 2. The van der Waals surface area contributed by atoms with Gasteiger partial charge >= 0.3 is 0 Å². The molecule has 3 rings (SSSR count). The first-order valence-corrected chi connectivity index (χ1v) is 9.42. The zero-order valence-corrected chi connectivity index (χ0v) is 16.0. The van der Waals surface area contributed by atoms with Crippen molar-refractivity contribution in [2.24, 2.45) is 0 Å². The van der Waals surface area contributed by atoms with Crippen molar-refractivity contribution < 1.29 is 4.79 Å². The van der Waals surface area contributed by atoms with E-state index in [1.54, 1.807) is 0 Å². The van der Waals surface area contributed by atoms with Gasteiger partial charge in [-0.2, -0.15) is 0 Å². The van der Waals surface area contributed by atoms with Crippen molar-refractivity contribution in [3.05, 3.63) is 65.2 Å². The van der Waals surface area contributed by atoms with Crippen LogP contribution < -0.4 is 10.2 Å². The number of piperazine rings is 1. The minimum atomic E-state index is -0.0977. The summed E-state index contributed by atoms with van der Waals surface area (Å²) in [5.74, 6) is 0.106. The molecule has 1 atom stereocenters. The van der Waals surface area contributed by atoms with Crippen LogP contribution in [0, 0.1) is 13.8 Å². The zero-order chi connectivity index (χ0) is 18.5. The third-order valence-corrected chi connectivity index (χ3v) is 5.28. The van der Waals surface area contributed by atoms with Crippen LogP contribution in [-0.2, 0) is 11.3 Å². The maximum absolute atomic E-state index is 12.5. The van der Waals surface area contributed by atoms with Gasteiger partial charge in [0.05, 0.1) is 6.04 Å². The average molecular weight is 351 g/mol. The number of nitrogens with zero attached hydrogens (tertiary/aromatic N) is 2. The summed E-state index contributed by atoms with van der Waals surface area (Å²) >= 11 is 0. The highest BCUT2D eigenvalue weighted by molar-refractivity contribution is 5.81. The van der Waals surface area contributed by atoms with Crippen molar-refractivity contribution in [2.75, 3.05) is 31.1 Å². The van der Waals surface area contributed by atoms with Crippen molar-refractivity contribution in [2.45, 2.75) is 33.4 Å². The number of hydrogen-bond donors (Lipinski definition) is 1. The van der Waals surface area contributed by atoms with Gasteiger partial charge in [0.2, 0.25) is 5.91 Å². The average Bonchev–Trinajstić information content (AvgIpc) is 2.67. The van der Waals surface area contributed by atoms with Gasteiger partial charge in [-0.05, 0) is 38.0 Å². The Labute approximate surface area is 156 Å². The zero-order valence-electron chi connectivity index (χ0n) is 16.0. The number of carbonyl (C=O) groups excluding carboxylic acids is 1. The Bertz CT molecular complexity index is 733. The van der Waals surface area contributed by atoms with Crippen LogP contribution in [0.25, 0.3) is 0 Å². The molecule has 4 nitrogen and oxygen atoms in total. The number of anilines is 1. The summed E-state index contributed by atoms with van der Waals surface area (Å²) < 4.78 is 0. The molecule has 0 spiro atoms. The SMILES string of the molecule is Cc1ccc(CNC(=O)C(C)N2CCN(c3ccccc3C)CC2)cc1. The summed E-state index contributed by atoms with van der Waals surface area (Å²) in [5.41, 5.74) is 4.99. The fourth-order valence-corrected chi connectivity index (χ4v) is 3.48. The van der Waals surface area contributed by atoms with E-state index in [2.05, 4.69) is 77.5 Å². The van der Waals surface area contributed by atoms with Gasteiger partial charge in [0.15, 0.2) is 0 Å². The number of benzene rings is 2. The molecule has 26 heavy (non-hydrogen) atoms. The molecule has 1 amide bonds. The van der Waals surface area contributed by atoms with Crippen molar-refractivity contribution in [1.82, 2.24) is 10.2 Å². The van der Waals surface area contributed by atoms with Gasteiger partial charge in [-0.1, -0.05) is 48.0 Å². The minimum absolute atomic E-state index is 0.0977. The summed E-state index contributed by atoms with van der Waals surface area (Å²) in [6.07, 6.45) is 0. The quantitative estimate of drug-likeness (QED) is 0.899. The molecular weight excluding hydrogens is 322 g/mol. The third kappa shape index (κ3) is 4.44. The monoisotopic (exact) mass is 351 g/mol. The summed E-state index contributed by atoms with van der Waals surface area (Å²) in [6, 6.07) is 16.7. The molecular formula is C22H29N3O. The lowest BCUT2D eigenvalue weighted by atomic mass is 10.1. The Kier molecular flexibility index (Phi) is 5.94. The van der Waals surface area contributed by atoms with E-state index in [1.807, 2.05) is 6.92 Å². The second-order valence-corrected chi connectivity index (χ2v) is 7.19. The smallest absolute Gasteiger partial charge is 0.237 e. The van der Waals surface area contributed by atoms with Crippen LogP contribution in [0.2, 0.25) is 0 Å². The van der Waals surface area contributed by atoms with Gasteiger partial charge in [-0.25, -0.2) is 0 Å². The Balaban J connectivity index is 1.49. The summed E-state index contributed by atoms with van der Waals surface area (Å²) in [4.78, 5) is 17.2. The second kappa shape index (κ2) is 8.37. The molecule has 1 heterocycles. The molecule has 0 aromatic heterocycles. The van der Waals surface area contributed by atoms with Gasteiger partial charge < -0.3 is 10.2 Å². The highest BCUT2D eigenvalue weighted by atomic mass is 16.2. The van der Waals surface area contributed by atoms with Gasteiger partial charge in [0.1, 0.15) is 0 Å². The van der Waals surface area contributed by atoms with Crippen molar-refractivity contribution in [1.29, 1.82) is 0 Å². The molecule has 4 heteroatoms. The molecule has 1 aliphatic rings. The summed E-state index contributed by atoms with van der Waals surface area (Å²) in [7, 11) is 0. The molecule has 0 bridgehead atoms. The molecule has 0 saturated carbocycles.